The molecule has 2 nitrogen and oxygen atoms in total. The van der Waals surface area contributed by atoms with Crippen LogP contribution < -0.4 is 0 Å². The molecule has 0 heterocycles. The molecule has 1 unspecified atom stereocenters. The first-order valence-corrected chi connectivity index (χ1v) is 5.70. The Morgan fingerprint density at radius 3 is 2.13 bits per heavy atom. The average Bonchev–Trinajstić information content (AvgIpc) is 2.72. The van der Waals surface area contributed by atoms with Gasteiger partial charge in [0, 0.05) is 5.92 Å². The standard InChI is InChI=1S/C13H18O2/c14-13(15)12(11-8-4-5-9-11)10-6-2-1-3-7-10/h1-3,6-7,11-15H,4-5,8-9H2. The molecule has 0 saturated heterocycles. The Bertz CT molecular complexity index is 289. The highest BCUT2D eigenvalue weighted by atomic mass is 16.5. The third kappa shape index (κ3) is 2.39. The Morgan fingerprint density at radius 2 is 1.60 bits per heavy atom. The molecule has 1 saturated carbocycles. The van der Waals surface area contributed by atoms with Crippen LogP contribution in [0.2, 0.25) is 0 Å². The number of hydrogen-bond acceptors (Lipinski definition) is 2. The van der Waals surface area contributed by atoms with Crippen molar-refractivity contribution in [3.05, 3.63) is 35.9 Å². The molecule has 0 spiro atoms. The van der Waals surface area contributed by atoms with Crippen LogP contribution in [0.15, 0.2) is 30.3 Å². The van der Waals surface area contributed by atoms with E-state index in [-0.39, 0.29) is 5.92 Å². The van der Waals surface area contributed by atoms with Crippen molar-refractivity contribution in [2.45, 2.75) is 37.9 Å². The van der Waals surface area contributed by atoms with Crippen LogP contribution >= 0.6 is 0 Å². The van der Waals surface area contributed by atoms with Gasteiger partial charge in [0.05, 0.1) is 0 Å². The lowest BCUT2D eigenvalue weighted by Crippen LogP contribution is -2.24. The SMILES string of the molecule is OC(O)C(c1ccccc1)C1CCCC1. The summed E-state index contributed by atoms with van der Waals surface area (Å²) in [5.74, 6) is 0.334. The highest BCUT2D eigenvalue weighted by Gasteiger charge is 2.30. The fourth-order valence-electron chi connectivity index (χ4n) is 2.68. The van der Waals surface area contributed by atoms with Crippen molar-refractivity contribution in [3.8, 4) is 0 Å². The van der Waals surface area contributed by atoms with Gasteiger partial charge in [-0.25, -0.2) is 0 Å². The molecule has 1 aliphatic rings. The third-order valence-electron chi connectivity index (χ3n) is 3.41. The van der Waals surface area contributed by atoms with E-state index in [1.807, 2.05) is 30.3 Å². The van der Waals surface area contributed by atoms with Gasteiger partial charge < -0.3 is 10.2 Å². The lowest BCUT2D eigenvalue weighted by atomic mass is 9.84. The summed E-state index contributed by atoms with van der Waals surface area (Å²) >= 11 is 0. The third-order valence-corrected chi connectivity index (χ3v) is 3.41. The zero-order chi connectivity index (χ0) is 10.7. The second kappa shape index (κ2) is 4.77. The van der Waals surface area contributed by atoms with Crippen molar-refractivity contribution in [1.29, 1.82) is 0 Å². The predicted octanol–water partition coefficient (Wildman–Crippen LogP) is 2.27. The largest absolute Gasteiger partial charge is 0.368 e. The van der Waals surface area contributed by atoms with Crippen LogP contribution in [0.1, 0.15) is 37.2 Å². The molecule has 2 rings (SSSR count). The molecule has 1 aromatic rings. The van der Waals surface area contributed by atoms with Crippen LogP contribution in [-0.2, 0) is 0 Å². The summed E-state index contributed by atoms with van der Waals surface area (Å²) in [6.45, 7) is 0. The quantitative estimate of drug-likeness (QED) is 0.745. The molecule has 1 aromatic carbocycles. The monoisotopic (exact) mass is 206 g/mol. The Hall–Kier alpha value is -0.860. The van der Waals surface area contributed by atoms with E-state index in [4.69, 9.17) is 0 Å². The van der Waals surface area contributed by atoms with Gasteiger partial charge in [0.1, 0.15) is 0 Å². The summed E-state index contributed by atoms with van der Waals surface area (Å²) in [6.07, 6.45) is 3.46. The van der Waals surface area contributed by atoms with Gasteiger partial charge in [-0.15, -0.1) is 0 Å². The van der Waals surface area contributed by atoms with Crippen molar-refractivity contribution in [2.75, 3.05) is 0 Å². The Kier molecular flexibility index (Phi) is 3.39. The van der Waals surface area contributed by atoms with E-state index in [1.54, 1.807) is 0 Å². The fourth-order valence-corrected chi connectivity index (χ4v) is 2.68. The van der Waals surface area contributed by atoms with E-state index in [2.05, 4.69) is 0 Å². The molecule has 15 heavy (non-hydrogen) atoms. The number of aliphatic hydroxyl groups is 2. The molecule has 0 amide bonds. The Morgan fingerprint density at radius 1 is 1.00 bits per heavy atom. The van der Waals surface area contributed by atoms with Gasteiger partial charge in [-0.2, -0.15) is 0 Å². The lowest BCUT2D eigenvalue weighted by molar-refractivity contribution is -0.0730. The first kappa shape index (κ1) is 10.7. The maximum absolute atomic E-state index is 9.48. The van der Waals surface area contributed by atoms with Gasteiger partial charge >= 0.3 is 0 Å². The molecular formula is C13H18O2. The normalized spacial score (nSPS) is 19.7. The number of hydrogen-bond donors (Lipinski definition) is 2. The average molecular weight is 206 g/mol. The molecular weight excluding hydrogens is 188 g/mol. The van der Waals surface area contributed by atoms with E-state index in [9.17, 15) is 10.2 Å². The van der Waals surface area contributed by atoms with E-state index in [1.165, 1.54) is 12.8 Å². The second-order valence-electron chi connectivity index (χ2n) is 4.39. The number of benzene rings is 1. The molecule has 2 N–H and O–H groups in total. The van der Waals surface area contributed by atoms with Gasteiger partial charge in [0.25, 0.3) is 0 Å². The highest BCUT2D eigenvalue weighted by molar-refractivity contribution is 5.21. The molecule has 1 atom stereocenters. The summed E-state index contributed by atoms with van der Waals surface area (Å²) < 4.78 is 0. The molecule has 1 aliphatic carbocycles. The summed E-state index contributed by atoms with van der Waals surface area (Å²) in [5, 5.41) is 19.0. The maximum Gasteiger partial charge on any atom is 0.158 e. The molecule has 82 valence electrons. The van der Waals surface area contributed by atoms with Gasteiger partial charge in [0.2, 0.25) is 0 Å². The van der Waals surface area contributed by atoms with Crippen LogP contribution in [0, 0.1) is 5.92 Å². The van der Waals surface area contributed by atoms with Crippen LogP contribution in [0.5, 0.6) is 0 Å². The predicted molar refractivity (Wildman–Crippen MR) is 59.4 cm³/mol. The van der Waals surface area contributed by atoms with Crippen molar-refractivity contribution in [2.24, 2.45) is 5.92 Å². The minimum absolute atomic E-state index is 0.103. The zero-order valence-corrected chi connectivity index (χ0v) is 8.84. The smallest absolute Gasteiger partial charge is 0.158 e. The van der Waals surface area contributed by atoms with Crippen molar-refractivity contribution < 1.29 is 10.2 Å². The molecule has 0 radical (unpaired) electrons. The summed E-state index contributed by atoms with van der Waals surface area (Å²) in [5.41, 5.74) is 1.06. The summed E-state index contributed by atoms with van der Waals surface area (Å²) in [6, 6.07) is 9.85. The molecule has 0 aromatic heterocycles. The number of rotatable bonds is 3. The Labute approximate surface area is 90.6 Å². The van der Waals surface area contributed by atoms with Gasteiger partial charge in [-0.3, -0.25) is 0 Å². The van der Waals surface area contributed by atoms with Crippen molar-refractivity contribution in [1.82, 2.24) is 0 Å². The summed E-state index contributed by atoms with van der Waals surface area (Å²) in [7, 11) is 0. The van der Waals surface area contributed by atoms with E-state index in [0.717, 1.165) is 18.4 Å². The highest BCUT2D eigenvalue weighted by Crippen LogP contribution is 2.38. The Balaban J connectivity index is 2.19. The van der Waals surface area contributed by atoms with Crippen molar-refractivity contribution in [3.63, 3.8) is 0 Å². The summed E-state index contributed by atoms with van der Waals surface area (Å²) in [4.78, 5) is 0. The van der Waals surface area contributed by atoms with Gasteiger partial charge in [-0.1, -0.05) is 43.2 Å². The van der Waals surface area contributed by atoms with Crippen LogP contribution in [0.25, 0.3) is 0 Å². The first-order chi connectivity index (χ1) is 7.29. The maximum atomic E-state index is 9.48. The minimum atomic E-state index is -1.23. The van der Waals surface area contributed by atoms with Gasteiger partial charge in [0.15, 0.2) is 6.29 Å². The minimum Gasteiger partial charge on any atom is -0.368 e. The first-order valence-electron chi connectivity index (χ1n) is 5.70. The molecule has 2 heteroatoms. The lowest BCUT2D eigenvalue weighted by Gasteiger charge is -2.25. The van der Waals surface area contributed by atoms with Crippen LogP contribution in [0.4, 0.5) is 0 Å². The molecule has 0 aliphatic heterocycles. The zero-order valence-electron chi connectivity index (χ0n) is 8.84. The second-order valence-corrected chi connectivity index (χ2v) is 4.39. The molecule has 0 bridgehead atoms. The number of aliphatic hydroxyl groups excluding tert-OH is 1. The topological polar surface area (TPSA) is 40.5 Å². The van der Waals surface area contributed by atoms with Gasteiger partial charge in [-0.05, 0) is 24.3 Å². The molecule has 1 fully saturated rings. The van der Waals surface area contributed by atoms with E-state index < -0.39 is 6.29 Å². The fraction of sp³-hybridized carbons (Fsp3) is 0.538. The van der Waals surface area contributed by atoms with E-state index in [0.29, 0.717) is 5.92 Å². The van der Waals surface area contributed by atoms with Crippen LogP contribution in [-0.4, -0.2) is 16.5 Å². The van der Waals surface area contributed by atoms with Crippen molar-refractivity contribution >= 4 is 0 Å². The van der Waals surface area contributed by atoms with Crippen LogP contribution in [0.3, 0.4) is 0 Å². The van der Waals surface area contributed by atoms with E-state index >= 15 is 0 Å².